The van der Waals surface area contributed by atoms with Gasteiger partial charge in [-0.1, -0.05) is 18.2 Å². The van der Waals surface area contributed by atoms with Crippen molar-refractivity contribution in [2.75, 3.05) is 13.3 Å². The molecule has 1 atom stereocenters. The molecule has 0 spiro atoms. The summed E-state index contributed by atoms with van der Waals surface area (Å²) >= 11 is 0. The Labute approximate surface area is 88.4 Å². The van der Waals surface area contributed by atoms with Crippen molar-refractivity contribution < 1.29 is 4.74 Å². The maximum Gasteiger partial charge on any atom is 0.0969 e. The van der Waals surface area contributed by atoms with Gasteiger partial charge in [0.1, 0.15) is 0 Å². The Morgan fingerprint density at radius 2 is 2.27 bits per heavy atom. The van der Waals surface area contributed by atoms with Gasteiger partial charge in [-0.15, -0.1) is 0 Å². The molecule has 1 aliphatic rings. The zero-order valence-corrected chi connectivity index (χ0v) is 8.49. The molecule has 3 nitrogen and oxygen atoms in total. The summed E-state index contributed by atoms with van der Waals surface area (Å²) in [5, 5.41) is 4.65. The van der Waals surface area contributed by atoms with E-state index in [0.29, 0.717) is 12.8 Å². The lowest BCUT2D eigenvalue weighted by Gasteiger charge is -2.06. The molecule has 2 aromatic rings. The van der Waals surface area contributed by atoms with Crippen LogP contribution in [0.15, 0.2) is 30.5 Å². The van der Waals surface area contributed by atoms with Crippen molar-refractivity contribution in [3.8, 4) is 0 Å². The Hall–Kier alpha value is -1.32. The molecule has 0 saturated carbocycles. The predicted octanol–water partition coefficient (Wildman–Crippen LogP) is 1.66. The SMILES string of the molecule is c1ccc2c(CC3COCN3)c[nH]c2c1. The van der Waals surface area contributed by atoms with Crippen LogP contribution in [0.4, 0.5) is 0 Å². The fraction of sp³-hybridized carbons (Fsp3) is 0.333. The minimum Gasteiger partial charge on any atom is -0.365 e. The second kappa shape index (κ2) is 3.68. The average molecular weight is 202 g/mol. The molecular formula is C12H14N2O. The zero-order valence-electron chi connectivity index (χ0n) is 8.49. The smallest absolute Gasteiger partial charge is 0.0969 e. The van der Waals surface area contributed by atoms with E-state index in [1.807, 2.05) is 0 Å². The highest BCUT2D eigenvalue weighted by Gasteiger charge is 2.16. The number of hydrogen-bond donors (Lipinski definition) is 2. The lowest BCUT2D eigenvalue weighted by atomic mass is 10.1. The van der Waals surface area contributed by atoms with Gasteiger partial charge in [0, 0.05) is 23.1 Å². The number of fused-ring (bicyclic) bond motifs is 1. The average Bonchev–Trinajstić information content (AvgIpc) is 2.89. The van der Waals surface area contributed by atoms with Gasteiger partial charge in [-0.05, 0) is 18.1 Å². The Kier molecular flexibility index (Phi) is 2.19. The minimum atomic E-state index is 0.462. The third-order valence-corrected chi connectivity index (χ3v) is 2.93. The van der Waals surface area contributed by atoms with Crippen molar-refractivity contribution in [1.29, 1.82) is 0 Å². The monoisotopic (exact) mass is 202 g/mol. The predicted molar refractivity (Wildman–Crippen MR) is 59.7 cm³/mol. The van der Waals surface area contributed by atoms with Gasteiger partial charge in [-0.25, -0.2) is 0 Å². The lowest BCUT2D eigenvalue weighted by molar-refractivity contribution is 0.189. The van der Waals surface area contributed by atoms with Gasteiger partial charge in [0.2, 0.25) is 0 Å². The summed E-state index contributed by atoms with van der Waals surface area (Å²) in [6, 6.07) is 8.87. The molecule has 0 radical (unpaired) electrons. The Bertz CT molecular complexity index is 457. The number of ether oxygens (including phenoxy) is 1. The highest BCUT2D eigenvalue weighted by Crippen LogP contribution is 2.19. The molecule has 1 aromatic carbocycles. The fourth-order valence-corrected chi connectivity index (χ4v) is 2.13. The summed E-state index contributed by atoms with van der Waals surface area (Å²) < 4.78 is 5.30. The van der Waals surface area contributed by atoms with Crippen LogP contribution in [0.5, 0.6) is 0 Å². The van der Waals surface area contributed by atoms with Gasteiger partial charge in [0.05, 0.1) is 13.3 Å². The molecular weight excluding hydrogens is 188 g/mol. The number of aromatic amines is 1. The van der Waals surface area contributed by atoms with Gasteiger partial charge >= 0.3 is 0 Å². The lowest BCUT2D eigenvalue weighted by Crippen LogP contribution is -2.25. The number of para-hydroxylation sites is 1. The zero-order chi connectivity index (χ0) is 10.1. The highest BCUT2D eigenvalue weighted by molar-refractivity contribution is 5.83. The van der Waals surface area contributed by atoms with Crippen LogP contribution in [0, 0.1) is 0 Å². The number of aromatic nitrogens is 1. The first-order chi connectivity index (χ1) is 7.43. The van der Waals surface area contributed by atoms with E-state index in [0.717, 1.165) is 13.0 Å². The van der Waals surface area contributed by atoms with Crippen LogP contribution in [0.1, 0.15) is 5.56 Å². The first-order valence-corrected chi connectivity index (χ1v) is 5.29. The molecule has 1 aromatic heterocycles. The van der Waals surface area contributed by atoms with E-state index < -0.39 is 0 Å². The molecule has 2 heterocycles. The van der Waals surface area contributed by atoms with Crippen LogP contribution < -0.4 is 5.32 Å². The molecule has 78 valence electrons. The molecule has 0 aliphatic carbocycles. The van der Waals surface area contributed by atoms with Crippen LogP contribution >= 0.6 is 0 Å². The summed E-state index contributed by atoms with van der Waals surface area (Å²) in [5.74, 6) is 0. The summed E-state index contributed by atoms with van der Waals surface area (Å²) in [4.78, 5) is 3.29. The van der Waals surface area contributed by atoms with Crippen molar-refractivity contribution in [2.45, 2.75) is 12.5 Å². The van der Waals surface area contributed by atoms with Gasteiger partial charge in [0.15, 0.2) is 0 Å². The largest absolute Gasteiger partial charge is 0.365 e. The van der Waals surface area contributed by atoms with Crippen LogP contribution in [0.2, 0.25) is 0 Å². The molecule has 3 rings (SSSR count). The highest BCUT2D eigenvalue weighted by atomic mass is 16.5. The fourth-order valence-electron chi connectivity index (χ4n) is 2.13. The number of benzene rings is 1. The second-order valence-corrected chi connectivity index (χ2v) is 3.98. The van der Waals surface area contributed by atoms with E-state index in [-0.39, 0.29) is 0 Å². The first-order valence-electron chi connectivity index (χ1n) is 5.29. The van der Waals surface area contributed by atoms with Crippen molar-refractivity contribution in [1.82, 2.24) is 10.3 Å². The van der Waals surface area contributed by atoms with Gasteiger partial charge in [0.25, 0.3) is 0 Å². The topological polar surface area (TPSA) is 37.0 Å². The summed E-state index contributed by atoms with van der Waals surface area (Å²) in [6.07, 6.45) is 3.13. The molecule has 3 heteroatoms. The molecule has 1 aliphatic heterocycles. The quantitative estimate of drug-likeness (QED) is 0.777. The number of nitrogens with one attached hydrogen (secondary N) is 2. The molecule has 1 unspecified atom stereocenters. The van der Waals surface area contributed by atoms with Crippen LogP contribution in [-0.2, 0) is 11.2 Å². The first kappa shape index (κ1) is 8.95. The Morgan fingerprint density at radius 3 is 3.13 bits per heavy atom. The summed E-state index contributed by atoms with van der Waals surface area (Å²) in [7, 11) is 0. The van der Waals surface area contributed by atoms with Crippen LogP contribution in [0.25, 0.3) is 10.9 Å². The van der Waals surface area contributed by atoms with Crippen molar-refractivity contribution >= 4 is 10.9 Å². The van der Waals surface area contributed by atoms with Crippen LogP contribution in [-0.4, -0.2) is 24.4 Å². The minimum absolute atomic E-state index is 0.462. The van der Waals surface area contributed by atoms with E-state index in [2.05, 4.69) is 40.8 Å². The third kappa shape index (κ3) is 1.64. The summed E-state index contributed by atoms with van der Waals surface area (Å²) in [6.45, 7) is 1.51. The Balaban J connectivity index is 1.90. The molecule has 2 N–H and O–H groups in total. The maximum atomic E-state index is 5.30. The molecule has 1 fully saturated rings. The van der Waals surface area contributed by atoms with E-state index >= 15 is 0 Å². The van der Waals surface area contributed by atoms with E-state index in [1.165, 1.54) is 16.5 Å². The van der Waals surface area contributed by atoms with E-state index in [4.69, 9.17) is 4.74 Å². The van der Waals surface area contributed by atoms with Gasteiger partial charge in [-0.2, -0.15) is 0 Å². The number of hydrogen-bond acceptors (Lipinski definition) is 2. The molecule has 15 heavy (non-hydrogen) atoms. The van der Waals surface area contributed by atoms with E-state index in [9.17, 15) is 0 Å². The second-order valence-electron chi connectivity index (χ2n) is 3.98. The summed E-state index contributed by atoms with van der Waals surface area (Å²) in [5.41, 5.74) is 2.58. The normalized spacial score (nSPS) is 21.2. The Morgan fingerprint density at radius 1 is 1.33 bits per heavy atom. The molecule has 0 amide bonds. The standard InChI is InChI=1S/C12H14N2O/c1-2-4-12-11(3-1)9(6-13-12)5-10-7-15-8-14-10/h1-4,6,10,13-14H,5,7-8H2. The van der Waals surface area contributed by atoms with E-state index in [1.54, 1.807) is 0 Å². The third-order valence-electron chi connectivity index (χ3n) is 2.93. The van der Waals surface area contributed by atoms with Gasteiger partial charge < -0.3 is 9.72 Å². The van der Waals surface area contributed by atoms with Crippen molar-refractivity contribution in [3.63, 3.8) is 0 Å². The van der Waals surface area contributed by atoms with Gasteiger partial charge in [-0.3, -0.25) is 5.32 Å². The number of rotatable bonds is 2. The van der Waals surface area contributed by atoms with Crippen molar-refractivity contribution in [3.05, 3.63) is 36.0 Å². The van der Waals surface area contributed by atoms with Crippen LogP contribution in [0.3, 0.4) is 0 Å². The maximum absolute atomic E-state index is 5.30. The number of H-pyrrole nitrogens is 1. The molecule has 1 saturated heterocycles. The molecule has 0 bridgehead atoms. The van der Waals surface area contributed by atoms with Crippen molar-refractivity contribution in [2.24, 2.45) is 0 Å².